The lowest BCUT2D eigenvalue weighted by atomic mass is 10.2. The van der Waals surface area contributed by atoms with Gasteiger partial charge in [-0.3, -0.25) is 4.79 Å². The maximum atomic E-state index is 10.5. The number of hydrogen-bond acceptors (Lipinski definition) is 2. The molecule has 1 rings (SSSR count). The van der Waals surface area contributed by atoms with Crippen LogP contribution in [0.3, 0.4) is 0 Å². The fourth-order valence-electron chi connectivity index (χ4n) is 0.791. The van der Waals surface area contributed by atoms with Crippen molar-refractivity contribution in [2.75, 3.05) is 6.26 Å². The highest BCUT2D eigenvalue weighted by atomic mass is 35.5. The minimum atomic E-state index is 0.358. The van der Waals surface area contributed by atoms with E-state index in [4.69, 9.17) is 23.2 Å². The summed E-state index contributed by atoms with van der Waals surface area (Å²) in [6.45, 7) is 0. The van der Waals surface area contributed by atoms with E-state index in [1.807, 2.05) is 6.26 Å². The second kappa shape index (κ2) is 4.17. The second-order valence-electron chi connectivity index (χ2n) is 2.12. The highest BCUT2D eigenvalue weighted by molar-refractivity contribution is 7.98. The van der Waals surface area contributed by atoms with E-state index in [1.165, 1.54) is 11.8 Å². The van der Waals surface area contributed by atoms with Gasteiger partial charge >= 0.3 is 0 Å². The summed E-state index contributed by atoms with van der Waals surface area (Å²) in [6, 6.07) is 3.45. The van der Waals surface area contributed by atoms with Gasteiger partial charge in [0.25, 0.3) is 0 Å². The van der Waals surface area contributed by atoms with E-state index in [0.29, 0.717) is 21.9 Å². The number of thioether (sulfide) groups is 1. The fourth-order valence-corrected chi connectivity index (χ4v) is 1.97. The van der Waals surface area contributed by atoms with Crippen LogP contribution in [0.5, 0.6) is 0 Å². The third-order valence-corrected chi connectivity index (χ3v) is 2.74. The molecule has 1 nitrogen and oxygen atoms in total. The van der Waals surface area contributed by atoms with E-state index < -0.39 is 0 Å². The van der Waals surface area contributed by atoms with Crippen molar-refractivity contribution in [3.63, 3.8) is 0 Å². The molecule has 4 heteroatoms. The minimum Gasteiger partial charge on any atom is -0.298 e. The molecule has 0 saturated carbocycles. The predicted molar refractivity (Wildman–Crippen MR) is 53.6 cm³/mol. The first kappa shape index (κ1) is 9.90. The Balaban J connectivity index is 3.27. The van der Waals surface area contributed by atoms with E-state index in [2.05, 4.69) is 0 Å². The summed E-state index contributed by atoms with van der Waals surface area (Å²) in [6.07, 6.45) is 2.58. The molecule has 0 fully saturated rings. The van der Waals surface area contributed by atoms with Crippen LogP contribution in [0, 0.1) is 0 Å². The SMILES string of the molecule is CSc1cc(Cl)c(C=O)c(Cl)c1. The zero-order valence-corrected chi connectivity index (χ0v) is 8.63. The van der Waals surface area contributed by atoms with Crippen LogP contribution in [0.4, 0.5) is 0 Å². The number of carbonyl (C=O) groups is 1. The number of rotatable bonds is 2. The highest BCUT2D eigenvalue weighted by Gasteiger charge is 2.06. The number of halogens is 2. The molecule has 0 heterocycles. The van der Waals surface area contributed by atoms with Crippen LogP contribution in [0.15, 0.2) is 17.0 Å². The second-order valence-corrected chi connectivity index (χ2v) is 3.82. The van der Waals surface area contributed by atoms with Crippen LogP contribution >= 0.6 is 35.0 Å². The van der Waals surface area contributed by atoms with Gasteiger partial charge in [-0.2, -0.15) is 0 Å². The molecule has 12 heavy (non-hydrogen) atoms. The Morgan fingerprint density at radius 1 is 1.33 bits per heavy atom. The molecule has 0 amide bonds. The molecule has 64 valence electrons. The standard InChI is InChI=1S/C8H6Cl2OS/c1-12-5-2-7(9)6(4-11)8(10)3-5/h2-4H,1H3. The third kappa shape index (κ3) is 1.94. The first-order valence-electron chi connectivity index (χ1n) is 3.17. The summed E-state index contributed by atoms with van der Waals surface area (Å²) >= 11 is 13.1. The van der Waals surface area contributed by atoms with Gasteiger partial charge < -0.3 is 0 Å². The van der Waals surface area contributed by atoms with Gasteiger partial charge in [0, 0.05) is 4.90 Å². The Morgan fingerprint density at radius 2 is 1.83 bits per heavy atom. The molecule has 0 spiro atoms. The number of hydrogen-bond donors (Lipinski definition) is 0. The lowest BCUT2D eigenvalue weighted by molar-refractivity contribution is 0.112. The molecule has 0 N–H and O–H groups in total. The smallest absolute Gasteiger partial charge is 0.153 e. The molecule has 1 aromatic rings. The average molecular weight is 221 g/mol. The van der Waals surface area contributed by atoms with Gasteiger partial charge in [0.1, 0.15) is 0 Å². The molecular formula is C8H6Cl2OS. The van der Waals surface area contributed by atoms with Crippen molar-refractivity contribution >= 4 is 41.2 Å². The quantitative estimate of drug-likeness (QED) is 0.561. The summed E-state index contributed by atoms with van der Waals surface area (Å²) in [5, 5.41) is 0.809. The van der Waals surface area contributed by atoms with Gasteiger partial charge in [-0.25, -0.2) is 0 Å². The topological polar surface area (TPSA) is 17.1 Å². The highest BCUT2D eigenvalue weighted by Crippen LogP contribution is 2.28. The Kier molecular flexibility index (Phi) is 3.44. The lowest BCUT2D eigenvalue weighted by Crippen LogP contribution is -1.84. The van der Waals surface area contributed by atoms with Crippen LogP contribution in [-0.2, 0) is 0 Å². The zero-order valence-electron chi connectivity index (χ0n) is 6.30. The molecular weight excluding hydrogens is 215 g/mol. The lowest BCUT2D eigenvalue weighted by Gasteiger charge is -2.02. The average Bonchev–Trinajstić information content (AvgIpc) is 2.03. The summed E-state index contributed by atoms with van der Waals surface area (Å²) in [5.41, 5.74) is 0.358. The molecule has 0 aliphatic heterocycles. The molecule has 0 radical (unpaired) electrons. The van der Waals surface area contributed by atoms with Gasteiger partial charge in [0.2, 0.25) is 0 Å². The monoisotopic (exact) mass is 220 g/mol. The van der Waals surface area contributed by atoms with Crippen LogP contribution < -0.4 is 0 Å². The van der Waals surface area contributed by atoms with Crippen LogP contribution in [0.2, 0.25) is 10.0 Å². The Morgan fingerprint density at radius 3 is 2.17 bits per heavy atom. The summed E-state index contributed by atoms with van der Waals surface area (Å²) in [7, 11) is 0. The number of carbonyl (C=O) groups excluding carboxylic acids is 1. The van der Waals surface area contributed by atoms with Crippen molar-refractivity contribution in [1.29, 1.82) is 0 Å². The van der Waals surface area contributed by atoms with Gasteiger partial charge in [0.15, 0.2) is 6.29 Å². The van der Waals surface area contributed by atoms with Crippen LogP contribution in [0.1, 0.15) is 10.4 Å². The van der Waals surface area contributed by atoms with Crippen molar-refractivity contribution in [2.45, 2.75) is 4.90 Å². The van der Waals surface area contributed by atoms with E-state index >= 15 is 0 Å². The minimum absolute atomic E-state index is 0.358. The largest absolute Gasteiger partial charge is 0.298 e. The van der Waals surface area contributed by atoms with Crippen molar-refractivity contribution in [3.05, 3.63) is 27.7 Å². The summed E-state index contributed by atoms with van der Waals surface area (Å²) in [5.74, 6) is 0. The van der Waals surface area contributed by atoms with Gasteiger partial charge in [-0.15, -0.1) is 11.8 Å². The molecule has 0 aromatic heterocycles. The molecule has 0 unspecified atom stereocenters. The van der Waals surface area contributed by atoms with E-state index in [9.17, 15) is 4.79 Å². The first-order chi connectivity index (χ1) is 5.69. The normalized spacial score (nSPS) is 9.92. The zero-order chi connectivity index (χ0) is 9.14. The maximum absolute atomic E-state index is 10.5. The van der Waals surface area contributed by atoms with E-state index in [-0.39, 0.29) is 0 Å². The number of aldehydes is 1. The first-order valence-corrected chi connectivity index (χ1v) is 5.15. The molecule has 0 atom stereocenters. The van der Waals surface area contributed by atoms with Crippen molar-refractivity contribution in [1.82, 2.24) is 0 Å². The maximum Gasteiger partial charge on any atom is 0.153 e. The van der Waals surface area contributed by atoms with E-state index in [0.717, 1.165) is 4.90 Å². The predicted octanol–water partition coefficient (Wildman–Crippen LogP) is 3.53. The molecule has 0 aliphatic rings. The van der Waals surface area contributed by atoms with Crippen LogP contribution in [0.25, 0.3) is 0 Å². The molecule has 0 bridgehead atoms. The van der Waals surface area contributed by atoms with Crippen molar-refractivity contribution < 1.29 is 4.79 Å². The summed E-state index contributed by atoms with van der Waals surface area (Å²) < 4.78 is 0. The van der Waals surface area contributed by atoms with Crippen molar-refractivity contribution in [3.8, 4) is 0 Å². The fraction of sp³-hybridized carbons (Fsp3) is 0.125. The Bertz CT molecular complexity index is 289. The molecule has 0 aliphatic carbocycles. The number of benzene rings is 1. The third-order valence-electron chi connectivity index (χ3n) is 1.41. The van der Waals surface area contributed by atoms with Crippen molar-refractivity contribution in [2.24, 2.45) is 0 Å². The molecule has 0 saturated heterocycles. The van der Waals surface area contributed by atoms with Gasteiger partial charge in [0.05, 0.1) is 15.6 Å². The van der Waals surface area contributed by atoms with Gasteiger partial charge in [-0.1, -0.05) is 23.2 Å². The van der Waals surface area contributed by atoms with Gasteiger partial charge in [-0.05, 0) is 18.4 Å². The van der Waals surface area contributed by atoms with E-state index in [1.54, 1.807) is 12.1 Å². The van der Waals surface area contributed by atoms with Crippen LogP contribution in [-0.4, -0.2) is 12.5 Å². The Hall–Kier alpha value is -0.180. The summed E-state index contributed by atoms with van der Waals surface area (Å²) in [4.78, 5) is 11.4. The Labute approximate surface area is 85.1 Å². The molecule has 1 aromatic carbocycles.